The normalized spacial score (nSPS) is 15.6. The van der Waals surface area contributed by atoms with Crippen molar-refractivity contribution >= 4 is 29.3 Å². The number of rotatable bonds is 10. The highest BCUT2D eigenvalue weighted by Crippen LogP contribution is 2.36. The molecule has 0 bridgehead atoms. The van der Waals surface area contributed by atoms with E-state index in [4.69, 9.17) is 4.74 Å². The van der Waals surface area contributed by atoms with Gasteiger partial charge in [0.2, 0.25) is 11.8 Å². The van der Waals surface area contributed by atoms with Gasteiger partial charge in [0.05, 0.1) is 29.0 Å². The summed E-state index contributed by atoms with van der Waals surface area (Å²) < 4.78 is 5.69. The van der Waals surface area contributed by atoms with E-state index in [1.807, 2.05) is 36.4 Å². The number of ether oxygens (including phenoxy) is 1. The van der Waals surface area contributed by atoms with Gasteiger partial charge >= 0.3 is 0 Å². The smallest absolute Gasteiger partial charge is 0.234 e. The van der Waals surface area contributed by atoms with Crippen molar-refractivity contribution in [2.45, 2.75) is 51.9 Å². The fourth-order valence-corrected chi connectivity index (χ4v) is 4.54. The number of thioether (sulfide) groups is 1. The number of carbonyl (C=O) groups is 2. The van der Waals surface area contributed by atoms with Crippen LogP contribution in [-0.4, -0.2) is 24.2 Å². The van der Waals surface area contributed by atoms with Crippen molar-refractivity contribution in [1.82, 2.24) is 5.32 Å². The van der Waals surface area contributed by atoms with Crippen LogP contribution in [0.1, 0.15) is 63.0 Å². The lowest BCUT2D eigenvalue weighted by Crippen LogP contribution is -2.31. The predicted octanol–water partition coefficient (Wildman–Crippen LogP) is 5.70. The molecule has 0 aliphatic carbocycles. The molecule has 3 rings (SSSR count). The first kappa shape index (κ1) is 25.4. The zero-order chi connectivity index (χ0) is 24.5. The number of anilines is 1. The number of unbranched alkanes of at least 4 members (excludes halogenated alkanes) is 1. The summed E-state index contributed by atoms with van der Waals surface area (Å²) in [4.78, 5) is 25.0. The number of hydrogen-bond acceptors (Lipinski definition) is 5. The van der Waals surface area contributed by atoms with Crippen LogP contribution in [0.3, 0.4) is 0 Å². The van der Waals surface area contributed by atoms with Gasteiger partial charge in [0, 0.05) is 24.1 Å². The molecule has 2 amide bonds. The summed E-state index contributed by atoms with van der Waals surface area (Å²) in [5.41, 5.74) is 3.27. The number of allylic oxidation sites excluding steroid dienone is 1. The third-order valence-corrected chi connectivity index (χ3v) is 6.61. The first-order valence-corrected chi connectivity index (χ1v) is 12.6. The van der Waals surface area contributed by atoms with Crippen molar-refractivity contribution in [2.24, 2.45) is 0 Å². The Balaban J connectivity index is 1.67. The number of hydrogen-bond donors (Lipinski definition) is 2. The fraction of sp³-hybridized carbons (Fsp3) is 0.370. The Labute approximate surface area is 205 Å². The van der Waals surface area contributed by atoms with Gasteiger partial charge in [-0.1, -0.05) is 69.3 Å². The van der Waals surface area contributed by atoms with E-state index in [1.165, 1.54) is 17.3 Å². The molecular weight excluding hydrogens is 446 g/mol. The molecule has 0 saturated carbocycles. The monoisotopic (exact) mass is 477 g/mol. The Morgan fingerprint density at radius 1 is 1.26 bits per heavy atom. The quantitative estimate of drug-likeness (QED) is 0.428. The summed E-state index contributed by atoms with van der Waals surface area (Å²) in [6, 6.07) is 17.6. The molecule has 0 fully saturated rings. The average Bonchev–Trinajstić information content (AvgIpc) is 2.83. The van der Waals surface area contributed by atoms with Crippen molar-refractivity contribution in [1.29, 1.82) is 5.26 Å². The van der Waals surface area contributed by atoms with Crippen molar-refractivity contribution in [3.8, 4) is 11.8 Å². The van der Waals surface area contributed by atoms with Gasteiger partial charge in [-0.2, -0.15) is 5.26 Å². The van der Waals surface area contributed by atoms with E-state index in [1.54, 1.807) is 12.1 Å². The summed E-state index contributed by atoms with van der Waals surface area (Å²) >= 11 is 1.17. The van der Waals surface area contributed by atoms with Crippen LogP contribution in [0.4, 0.5) is 5.69 Å². The van der Waals surface area contributed by atoms with E-state index in [0.29, 0.717) is 34.6 Å². The van der Waals surface area contributed by atoms with Crippen LogP contribution in [0, 0.1) is 11.3 Å². The van der Waals surface area contributed by atoms with Crippen LogP contribution < -0.4 is 15.4 Å². The molecule has 6 nitrogen and oxygen atoms in total. The number of nitrogens with zero attached hydrogens (tertiary/aromatic N) is 1. The van der Waals surface area contributed by atoms with Gasteiger partial charge in [0.1, 0.15) is 5.75 Å². The number of carbonyl (C=O) groups excluding carboxylic acids is 2. The van der Waals surface area contributed by atoms with Gasteiger partial charge < -0.3 is 15.4 Å². The summed E-state index contributed by atoms with van der Waals surface area (Å²) in [7, 11) is 0. The first-order chi connectivity index (χ1) is 16.4. The minimum absolute atomic E-state index is 0.0702. The molecular formula is C27H31N3O3S. The van der Waals surface area contributed by atoms with E-state index in [9.17, 15) is 14.9 Å². The maximum atomic E-state index is 12.6. The first-order valence-electron chi connectivity index (χ1n) is 11.6. The Bertz CT molecular complexity index is 1090. The highest BCUT2D eigenvalue weighted by Gasteiger charge is 2.30. The van der Waals surface area contributed by atoms with Crippen molar-refractivity contribution in [3.63, 3.8) is 0 Å². The standard InChI is InChI=1S/C27H31N3O3S/c1-4-5-13-33-22-8-6-7-21(14-22)29-26(32)17-34-27-24(16-28)23(15-25(31)30-27)20-11-9-19(10-12-20)18(2)3/h6-12,14,18,23H,4-5,13,15,17H2,1-3H3,(H,29,32)(H,30,31)/t23-/m1/s1. The molecule has 0 unspecified atom stereocenters. The van der Waals surface area contributed by atoms with E-state index in [0.717, 1.165) is 18.4 Å². The van der Waals surface area contributed by atoms with Crippen molar-refractivity contribution in [3.05, 3.63) is 70.3 Å². The van der Waals surface area contributed by atoms with Crippen molar-refractivity contribution in [2.75, 3.05) is 17.7 Å². The van der Waals surface area contributed by atoms with Crippen LogP contribution in [-0.2, 0) is 9.59 Å². The lowest BCUT2D eigenvalue weighted by Gasteiger charge is -2.25. The lowest BCUT2D eigenvalue weighted by atomic mass is 9.86. The van der Waals surface area contributed by atoms with E-state index in [2.05, 4.69) is 37.5 Å². The van der Waals surface area contributed by atoms with Crippen molar-refractivity contribution < 1.29 is 14.3 Å². The molecule has 1 aliphatic heterocycles. The van der Waals surface area contributed by atoms with Gasteiger partial charge in [-0.05, 0) is 35.6 Å². The van der Waals surface area contributed by atoms with Crippen LogP contribution in [0.5, 0.6) is 5.75 Å². The molecule has 1 aliphatic rings. The molecule has 0 saturated heterocycles. The molecule has 0 radical (unpaired) electrons. The van der Waals surface area contributed by atoms with Gasteiger partial charge in [-0.25, -0.2) is 0 Å². The second-order valence-electron chi connectivity index (χ2n) is 8.55. The number of nitriles is 1. The molecule has 1 heterocycles. The molecule has 2 aromatic carbocycles. The SMILES string of the molecule is CCCCOc1cccc(NC(=O)CSC2=C(C#N)[C@@H](c3ccc(C(C)C)cc3)CC(=O)N2)c1. The highest BCUT2D eigenvalue weighted by molar-refractivity contribution is 8.03. The molecule has 2 aromatic rings. The predicted molar refractivity (Wildman–Crippen MR) is 137 cm³/mol. The minimum atomic E-state index is -0.317. The summed E-state index contributed by atoms with van der Waals surface area (Å²) in [6.07, 6.45) is 2.23. The molecule has 34 heavy (non-hydrogen) atoms. The summed E-state index contributed by atoms with van der Waals surface area (Å²) in [6.45, 7) is 6.98. The lowest BCUT2D eigenvalue weighted by molar-refractivity contribution is -0.121. The van der Waals surface area contributed by atoms with E-state index >= 15 is 0 Å². The van der Waals surface area contributed by atoms with Crippen LogP contribution in [0.25, 0.3) is 0 Å². The Morgan fingerprint density at radius 2 is 2.03 bits per heavy atom. The second-order valence-corrected chi connectivity index (χ2v) is 9.53. The van der Waals surface area contributed by atoms with E-state index in [-0.39, 0.29) is 29.9 Å². The molecule has 0 spiro atoms. The Morgan fingerprint density at radius 3 is 2.71 bits per heavy atom. The summed E-state index contributed by atoms with van der Waals surface area (Å²) in [5.74, 6) is 0.486. The highest BCUT2D eigenvalue weighted by atomic mass is 32.2. The summed E-state index contributed by atoms with van der Waals surface area (Å²) in [5, 5.41) is 15.9. The zero-order valence-electron chi connectivity index (χ0n) is 19.9. The number of benzene rings is 2. The van der Waals surface area contributed by atoms with Crippen LogP contribution in [0.2, 0.25) is 0 Å². The van der Waals surface area contributed by atoms with E-state index < -0.39 is 0 Å². The molecule has 7 heteroatoms. The molecule has 178 valence electrons. The van der Waals surface area contributed by atoms with Crippen LogP contribution >= 0.6 is 11.8 Å². The van der Waals surface area contributed by atoms with Gasteiger partial charge in [-0.15, -0.1) is 0 Å². The topological polar surface area (TPSA) is 91.2 Å². The van der Waals surface area contributed by atoms with Gasteiger partial charge in [0.15, 0.2) is 0 Å². The second kappa shape index (κ2) is 12.3. The minimum Gasteiger partial charge on any atom is -0.494 e. The Hall–Kier alpha value is -3.24. The van der Waals surface area contributed by atoms with Gasteiger partial charge in [-0.3, -0.25) is 9.59 Å². The fourth-order valence-electron chi connectivity index (χ4n) is 3.66. The maximum Gasteiger partial charge on any atom is 0.234 e. The zero-order valence-corrected chi connectivity index (χ0v) is 20.7. The molecule has 1 atom stereocenters. The van der Waals surface area contributed by atoms with Crippen LogP contribution in [0.15, 0.2) is 59.1 Å². The maximum absolute atomic E-state index is 12.6. The number of nitrogens with one attached hydrogen (secondary N) is 2. The number of amides is 2. The average molecular weight is 478 g/mol. The van der Waals surface area contributed by atoms with Gasteiger partial charge in [0.25, 0.3) is 0 Å². The largest absolute Gasteiger partial charge is 0.494 e. The third kappa shape index (κ3) is 6.88. The molecule has 2 N–H and O–H groups in total. The Kier molecular flexibility index (Phi) is 9.17. The molecule has 0 aromatic heterocycles. The third-order valence-electron chi connectivity index (χ3n) is 5.59.